The molecule has 3 heterocycles. The van der Waals surface area contributed by atoms with Crippen molar-refractivity contribution in [3.63, 3.8) is 0 Å². The SMILES string of the molecule is Cc1cccc(CN2C[C@H]3COC[C@@]3(CC(=O)N3CCCC3)C2)c1. The molecule has 1 amide bonds. The summed E-state index contributed by atoms with van der Waals surface area (Å²) in [6.45, 7) is 8.65. The number of likely N-dealkylation sites (tertiary alicyclic amines) is 2. The zero-order valence-electron chi connectivity index (χ0n) is 14.7. The fourth-order valence-corrected chi connectivity index (χ4v) is 4.76. The molecule has 4 nitrogen and oxygen atoms in total. The van der Waals surface area contributed by atoms with Crippen molar-refractivity contribution in [3.05, 3.63) is 35.4 Å². The van der Waals surface area contributed by atoms with E-state index in [1.54, 1.807) is 0 Å². The maximum atomic E-state index is 12.7. The van der Waals surface area contributed by atoms with E-state index in [0.29, 0.717) is 18.2 Å². The lowest BCUT2D eigenvalue weighted by atomic mass is 9.78. The summed E-state index contributed by atoms with van der Waals surface area (Å²) in [5.74, 6) is 0.856. The van der Waals surface area contributed by atoms with Gasteiger partial charge in [0.15, 0.2) is 0 Å². The second kappa shape index (κ2) is 6.49. The summed E-state index contributed by atoms with van der Waals surface area (Å²) in [5, 5.41) is 0. The first-order valence-corrected chi connectivity index (χ1v) is 9.28. The maximum Gasteiger partial charge on any atom is 0.223 e. The van der Waals surface area contributed by atoms with Crippen molar-refractivity contribution < 1.29 is 9.53 Å². The van der Waals surface area contributed by atoms with Gasteiger partial charge in [0.1, 0.15) is 0 Å². The molecular formula is C20H28N2O2. The second-order valence-electron chi connectivity index (χ2n) is 8.00. The summed E-state index contributed by atoms with van der Waals surface area (Å²) in [6.07, 6.45) is 3.00. The molecule has 3 saturated heterocycles. The molecule has 1 aromatic rings. The van der Waals surface area contributed by atoms with E-state index >= 15 is 0 Å². The van der Waals surface area contributed by atoms with E-state index in [9.17, 15) is 4.79 Å². The Hall–Kier alpha value is -1.39. The summed E-state index contributed by atoms with van der Waals surface area (Å²) >= 11 is 0. The number of aryl methyl sites for hydroxylation is 1. The molecule has 0 aliphatic carbocycles. The Bertz CT molecular complexity index is 611. The summed E-state index contributed by atoms with van der Waals surface area (Å²) in [4.78, 5) is 17.3. The van der Waals surface area contributed by atoms with Crippen LogP contribution in [-0.4, -0.2) is 55.1 Å². The summed E-state index contributed by atoms with van der Waals surface area (Å²) in [7, 11) is 0. The van der Waals surface area contributed by atoms with Crippen molar-refractivity contribution in [1.29, 1.82) is 0 Å². The van der Waals surface area contributed by atoms with E-state index in [0.717, 1.165) is 58.8 Å². The first-order chi connectivity index (χ1) is 11.6. The molecule has 3 aliphatic rings. The third kappa shape index (κ3) is 3.09. The van der Waals surface area contributed by atoms with Crippen LogP contribution in [0.3, 0.4) is 0 Å². The smallest absolute Gasteiger partial charge is 0.223 e. The molecule has 0 bridgehead atoms. The minimum Gasteiger partial charge on any atom is -0.380 e. The highest BCUT2D eigenvalue weighted by Crippen LogP contribution is 2.44. The van der Waals surface area contributed by atoms with Gasteiger partial charge in [-0.05, 0) is 25.3 Å². The third-order valence-electron chi connectivity index (χ3n) is 6.04. The van der Waals surface area contributed by atoms with E-state index in [-0.39, 0.29) is 5.41 Å². The molecule has 0 radical (unpaired) electrons. The molecule has 3 aliphatic heterocycles. The molecule has 0 aromatic heterocycles. The number of amides is 1. The van der Waals surface area contributed by atoms with E-state index in [4.69, 9.17) is 4.74 Å². The van der Waals surface area contributed by atoms with Crippen LogP contribution >= 0.6 is 0 Å². The number of benzene rings is 1. The van der Waals surface area contributed by atoms with Gasteiger partial charge in [-0.2, -0.15) is 0 Å². The molecule has 0 saturated carbocycles. The molecule has 0 unspecified atom stereocenters. The van der Waals surface area contributed by atoms with Crippen molar-refractivity contribution in [2.24, 2.45) is 11.3 Å². The number of rotatable bonds is 4. The molecule has 4 heteroatoms. The summed E-state index contributed by atoms with van der Waals surface area (Å²) in [6, 6.07) is 8.76. The lowest BCUT2D eigenvalue weighted by Crippen LogP contribution is -2.38. The molecule has 2 atom stereocenters. The number of carbonyl (C=O) groups excluding carboxylic acids is 1. The Morgan fingerprint density at radius 2 is 2.17 bits per heavy atom. The van der Waals surface area contributed by atoms with Crippen molar-refractivity contribution in [1.82, 2.24) is 9.80 Å². The Morgan fingerprint density at radius 1 is 1.33 bits per heavy atom. The average Bonchev–Trinajstić information content (AvgIpc) is 3.22. The summed E-state index contributed by atoms with van der Waals surface area (Å²) < 4.78 is 5.80. The van der Waals surface area contributed by atoms with Crippen molar-refractivity contribution in [3.8, 4) is 0 Å². The lowest BCUT2D eigenvalue weighted by Gasteiger charge is -2.29. The molecule has 130 valence electrons. The van der Waals surface area contributed by atoms with Crippen molar-refractivity contribution >= 4 is 5.91 Å². The summed E-state index contributed by atoms with van der Waals surface area (Å²) in [5.41, 5.74) is 2.73. The number of nitrogens with zero attached hydrogens (tertiary/aromatic N) is 2. The molecule has 1 aromatic carbocycles. The Morgan fingerprint density at radius 3 is 2.96 bits per heavy atom. The Labute approximate surface area is 144 Å². The number of hydrogen-bond acceptors (Lipinski definition) is 3. The van der Waals surface area contributed by atoms with Gasteiger partial charge in [0.05, 0.1) is 13.2 Å². The van der Waals surface area contributed by atoms with Gasteiger partial charge in [0.2, 0.25) is 5.91 Å². The van der Waals surface area contributed by atoms with Gasteiger partial charge in [0, 0.05) is 50.5 Å². The van der Waals surface area contributed by atoms with Gasteiger partial charge in [0.25, 0.3) is 0 Å². The van der Waals surface area contributed by atoms with E-state index in [1.807, 2.05) is 0 Å². The van der Waals surface area contributed by atoms with Gasteiger partial charge < -0.3 is 9.64 Å². The fourth-order valence-electron chi connectivity index (χ4n) is 4.76. The number of hydrogen-bond donors (Lipinski definition) is 0. The van der Waals surface area contributed by atoms with Crippen LogP contribution in [0.1, 0.15) is 30.4 Å². The number of carbonyl (C=O) groups is 1. The van der Waals surface area contributed by atoms with Gasteiger partial charge in [-0.15, -0.1) is 0 Å². The minimum atomic E-state index is 0.0451. The monoisotopic (exact) mass is 328 g/mol. The average molecular weight is 328 g/mol. The van der Waals surface area contributed by atoms with Crippen LogP contribution in [0.15, 0.2) is 24.3 Å². The van der Waals surface area contributed by atoms with Crippen molar-refractivity contribution in [2.75, 3.05) is 39.4 Å². The van der Waals surface area contributed by atoms with Crippen LogP contribution in [0.5, 0.6) is 0 Å². The van der Waals surface area contributed by atoms with Crippen LogP contribution in [0.25, 0.3) is 0 Å². The molecule has 3 fully saturated rings. The molecule has 4 rings (SSSR count). The lowest BCUT2D eigenvalue weighted by molar-refractivity contribution is -0.133. The van der Waals surface area contributed by atoms with Gasteiger partial charge in [-0.3, -0.25) is 9.69 Å². The molecule has 24 heavy (non-hydrogen) atoms. The highest BCUT2D eigenvalue weighted by Gasteiger charge is 2.51. The Kier molecular flexibility index (Phi) is 4.35. The Balaban J connectivity index is 1.43. The van der Waals surface area contributed by atoms with Crippen LogP contribution in [0.2, 0.25) is 0 Å². The standard InChI is InChI=1S/C20H28N2O2/c1-16-5-4-6-17(9-16)11-21-12-18-13-24-15-20(18,14-21)10-19(23)22-7-2-3-8-22/h4-6,9,18H,2-3,7-8,10-15H2,1H3/t18-,20+/m0/s1. The molecule has 0 spiro atoms. The zero-order valence-corrected chi connectivity index (χ0v) is 14.7. The normalized spacial score (nSPS) is 30.0. The first kappa shape index (κ1) is 16.1. The largest absolute Gasteiger partial charge is 0.380 e. The zero-order chi connectivity index (χ0) is 16.6. The highest BCUT2D eigenvalue weighted by molar-refractivity contribution is 5.77. The predicted octanol–water partition coefficient (Wildman–Crippen LogP) is 2.46. The van der Waals surface area contributed by atoms with Gasteiger partial charge in [-0.25, -0.2) is 0 Å². The van der Waals surface area contributed by atoms with Gasteiger partial charge >= 0.3 is 0 Å². The van der Waals surface area contributed by atoms with E-state index in [2.05, 4.69) is 41.0 Å². The first-order valence-electron chi connectivity index (χ1n) is 9.28. The van der Waals surface area contributed by atoms with E-state index in [1.165, 1.54) is 11.1 Å². The maximum absolute atomic E-state index is 12.7. The number of fused-ring (bicyclic) bond motifs is 1. The van der Waals surface area contributed by atoms with Crippen LogP contribution < -0.4 is 0 Å². The predicted molar refractivity (Wildman–Crippen MR) is 93.6 cm³/mol. The van der Waals surface area contributed by atoms with Crippen molar-refractivity contribution in [2.45, 2.75) is 32.7 Å². The van der Waals surface area contributed by atoms with Crippen LogP contribution in [0, 0.1) is 18.3 Å². The number of ether oxygens (including phenoxy) is 1. The van der Waals surface area contributed by atoms with Crippen LogP contribution in [-0.2, 0) is 16.1 Å². The molecule has 0 N–H and O–H groups in total. The topological polar surface area (TPSA) is 32.8 Å². The minimum absolute atomic E-state index is 0.0451. The van der Waals surface area contributed by atoms with E-state index < -0.39 is 0 Å². The van der Waals surface area contributed by atoms with Crippen LogP contribution in [0.4, 0.5) is 0 Å². The van der Waals surface area contributed by atoms with Gasteiger partial charge in [-0.1, -0.05) is 29.8 Å². The quantitative estimate of drug-likeness (QED) is 0.851. The molecular weight excluding hydrogens is 300 g/mol. The highest BCUT2D eigenvalue weighted by atomic mass is 16.5. The third-order valence-corrected chi connectivity index (χ3v) is 6.04. The second-order valence-corrected chi connectivity index (χ2v) is 8.00. The fraction of sp³-hybridized carbons (Fsp3) is 0.650.